The molecule has 0 amide bonds. The van der Waals surface area contributed by atoms with E-state index in [1.165, 1.54) is 16.0 Å². The van der Waals surface area contributed by atoms with E-state index in [2.05, 4.69) is 26.5 Å². The first-order chi connectivity index (χ1) is 8.62. The zero-order chi connectivity index (χ0) is 13.5. The Balaban J connectivity index is 2.91. The highest BCUT2D eigenvalue weighted by atomic mass is 16.5. The number of hydrogen-bond acceptors (Lipinski definition) is 2. The van der Waals surface area contributed by atoms with Crippen molar-refractivity contribution < 1.29 is 14.4 Å². The minimum atomic E-state index is 0.792. The van der Waals surface area contributed by atoms with Crippen LogP contribution in [0.2, 0.25) is 0 Å². The molecular formula is C15H24NO2+. The van der Waals surface area contributed by atoms with Gasteiger partial charge in [-0.05, 0) is 31.6 Å². The normalized spacial score (nSPS) is 12.0. The number of para-hydroxylation sites is 1. The maximum atomic E-state index is 5.46. The Morgan fingerprint density at radius 3 is 2.50 bits per heavy atom. The lowest BCUT2D eigenvalue weighted by Crippen LogP contribution is -3.10. The van der Waals surface area contributed by atoms with Gasteiger partial charge in [-0.15, -0.1) is 0 Å². The summed E-state index contributed by atoms with van der Waals surface area (Å²) in [6, 6.07) is 6.02. The van der Waals surface area contributed by atoms with Crippen molar-refractivity contribution in [3.63, 3.8) is 0 Å². The zero-order valence-electron chi connectivity index (χ0n) is 11.9. The minimum Gasteiger partial charge on any atom is -0.493 e. The number of benzene rings is 1. The number of quaternary nitrogens is 1. The van der Waals surface area contributed by atoms with E-state index < -0.39 is 0 Å². The fourth-order valence-electron chi connectivity index (χ4n) is 2.10. The lowest BCUT2D eigenvalue weighted by Gasteiger charge is -2.20. The molecule has 1 N–H and O–H groups in total. The molecule has 0 heterocycles. The van der Waals surface area contributed by atoms with Crippen molar-refractivity contribution in [1.29, 1.82) is 0 Å². The Kier molecular flexibility index (Phi) is 5.72. The molecular weight excluding hydrogens is 226 g/mol. The second-order valence-electron chi connectivity index (χ2n) is 4.57. The number of hydrogen-bond donors (Lipinski definition) is 1. The van der Waals surface area contributed by atoms with Gasteiger partial charge in [0.2, 0.25) is 0 Å². The molecule has 0 aliphatic heterocycles. The van der Waals surface area contributed by atoms with E-state index in [-0.39, 0.29) is 0 Å². The summed E-state index contributed by atoms with van der Waals surface area (Å²) in [5.41, 5.74) is 2.38. The van der Waals surface area contributed by atoms with Gasteiger partial charge in [-0.3, -0.25) is 0 Å². The molecule has 18 heavy (non-hydrogen) atoms. The Hall–Kier alpha value is -1.48. The third-order valence-electron chi connectivity index (χ3n) is 2.98. The number of rotatable bonds is 7. The van der Waals surface area contributed by atoms with Crippen molar-refractivity contribution >= 4 is 0 Å². The van der Waals surface area contributed by atoms with Crippen molar-refractivity contribution in [2.45, 2.75) is 20.4 Å². The first-order valence-electron chi connectivity index (χ1n) is 6.30. The van der Waals surface area contributed by atoms with Gasteiger partial charge in [-0.25, -0.2) is 0 Å². The van der Waals surface area contributed by atoms with Gasteiger partial charge in [0.05, 0.1) is 32.9 Å². The Morgan fingerprint density at radius 2 is 2.00 bits per heavy atom. The molecule has 1 atom stereocenters. The topological polar surface area (TPSA) is 22.9 Å². The molecule has 1 rings (SSSR count). The molecule has 0 fully saturated rings. The summed E-state index contributed by atoms with van der Waals surface area (Å²) in [6.07, 6.45) is 0. The first-order valence-corrected chi connectivity index (χ1v) is 6.30. The molecule has 1 aromatic carbocycles. The molecule has 0 saturated heterocycles. The van der Waals surface area contributed by atoms with Gasteiger partial charge in [0.25, 0.3) is 0 Å². The fourth-order valence-corrected chi connectivity index (χ4v) is 2.10. The molecule has 0 spiro atoms. The van der Waals surface area contributed by atoms with Crippen LogP contribution in [0.25, 0.3) is 0 Å². The molecule has 0 aliphatic rings. The van der Waals surface area contributed by atoms with Crippen molar-refractivity contribution in [1.82, 2.24) is 0 Å². The largest absolute Gasteiger partial charge is 0.493 e. The van der Waals surface area contributed by atoms with Crippen molar-refractivity contribution in [2.75, 3.05) is 27.3 Å². The fraction of sp³-hybridized carbons (Fsp3) is 0.467. The number of likely N-dealkylation sites (N-methyl/N-ethyl adjacent to an activating group) is 1. The molecule has 1 unspecified atom stereocenters. The van der Waals surface area contributed by atoms with Gasteiger partial charge in [0.1, 0.15) is 6.54 Å². The van der Waals surface area contributed by atoms with Crippen LogP contribution < -0.4 is 14.4 Å². The standard InChI is InChI=1S/C15H23NO2/c1-6-16(10-12(2)3)11-13-8-7-9-14(17-4)15(13)18-5/h7-9H,2,6,10-11H2,1,3-5H3/p+1. The zero-order valence-corrected chi connectivity index (χ0v) is 11.9. The van der Waals surface area contributed by atoms with Crippen LogP contribution >= 0.6 is 0 Å². The molecule has 100 valence electrons. The average molecular weight is 250 g/mol. The summed E-state index contributed by atoms with van der Waals surface area (Å²) in [4.78, 5) is 1.47. The summed E-state index contributed by atoms with van der Waals surface area (Å²) in [6.45, 7) is 11.2. The van der Waals surface area contributed by atoms with Crippen LogP contribution in [-0.2, 0) is 6.54 Å². The molecule has 0 aromatic heterocycles. The van der Waals surface area contributed by atoms with Crippen LogP contribution in [0, 0.1) is 0 Å². The van der Waals surface area contributed by atoms with Gasteiger partial charge >= 0.3 is 0 Å². The molecule has 3 heteroatoms. The number of ether oxygens (including phenoxy) is 2. The van der Waals surface area contributed by atoms with E-state index in [4.69, 9.17) is 9.47 Å². The second kappa shape index (κ2) is 7.07. The highest BCUT2D eigenvalue weighted by Gasteiger charge is 2.14. The van der Waals surface area contributed by atoms with Gasteiger partial charge in [0, 0.05) is 0 Å². The van der Waals surface area contributed by atoms with Crippen LogP contribution in [-0.4, -0.2) is 27.3 Å². The molecule has 3 nitrogen and oxygen atoms in total. The number of methoxy groups -OCH3 is 2. The van der Waals surface area contributed by atoms with Crippen molar-refractivity contribution in [3.05, 3.63) is 35.9 Å². The quantitative estimate of drug-likeness (QED) is 0.744. The summed E-state index contributed by atoms with van der Waals surface area (Å²) < 4.78 is 10.8. The molecule has 0 aliphatic carbocycles. The minimum absolute atomic E-state index is 0.792. The molecule has 0 saturated carbocycles. The lowest BCUT2D eigenvalue weighted by molar-refractivity contribution is -0.907. The maximum Gasteiger partial charge on any atom is 0.169 e. The summed E-state index contributed by atoms with van der Waals surface area (Å²) >= 11 is 0. The highest BCUT2D eigenvalue weighted by Crippen LogP contribution is 2.29. The SMILES string of the molecule is C=C(C)C[NH+](CC)Cc1cccc(OC)c1OC. The van der Waals surface area contributed by atoms with E-state index in [9.17, 15) is 0 Å². The van der Waals surface area contributed by atoms with Gasteiger partial charge in [0.15, 0.2) is 11.5 Å². The highest BCUT2D eigenvalue weighted by molar-refractivity contribution is 5.46. The second-order valence-corrected chi connectivity index (χ2v) is 4.57. The van der Waals surface area contributed by atoms with E-state index >= 15 is 0 Å². The third-order valence-corrected chi connectivity index (χ3v) is 2.98. The van der Waals surface area contributed by atoms with E-state index in [1.807, 2.05) is 12.1 Å². The third kappa shape index (κ3) is 3.77. The summed E-state index contributed by atoms with van der Waals surface area (Å²) in [7, 11) is 3.35. The van der Waals surface area contributed by atoms with Crippen LogP contribution in [0.5, 0.6) is 11.5 Å². The maximum absolute atomic E-state index is 5.46. The Bertz CT molecular complexity index is 401. The molecule has 1 aromatic rings. The van der Waals surface area contributed by atoms with Gasteiger partial charge in [-0.2, -0.15) is 0 Å². The summed E-state index contributed by atoms with van der Waals surface area (Å²) in [5.74, 6) is 1.63. The monoisotopic (exact) mass is 250 g/mol. The average Bonchev–Trinajstić information content (AvgIpc) is 2.36. The van der Waals surface area contributed by atoms with Gasteiger partial charge < -0.3 is 14.4 Å². The Morgan fingerprint density at radius 1 is 1.28 bits per heavy atom. The van der Waals surface area contributed by atoms with Crippen LogP contribution in [0.4, 0.5) is 0 Å². The number of nitrogens with one attached hydrogen (secondary N) is 1. The lowest BCUT2D eigenvalue weighted by atomic mass is 10.1. The van der Waals surface area contributed by atoms with E-state index in [0.29, 0.717) is 0 Å². The van der Waals surface area contributed by atoms with Gasteiger partial charge in [-0.1, -0.05) is 12.6 Å². The smallest absolute Gasteiger partial charge is 0.169 e. The molecule has 0 bridgehead atoms. The van der Waals surface area contributed by atoms with Crippen molar-refractivity contribution in [3.8, 4) is 11.5 Å². The van der Waals surface area contributed by atoms with E-state index in [0.717, 1.165) is 31.1 Å². The van der Waals surface area contributed by atoms with E-state index in [1.54, 1.807) is 14.2 Å². The van der Waals surface area contributed by atoms with Crippen LogP contribution in [0.15, 0.2) is 30.4 Å². The molecule has 0 radical (unpaired) electrons. The predicted octanol–water partition coefficient (Wildman–Crippen LogP) is 1.68. The Labute approximate surface area is 110 Å². The first kappa shape index (κ1) is 14.6. The predicted molar refractivity (Wildman–Crippen MR) is 74.4 cm³/mol. The van der Waals surface area contributed by atoms with Crippen molar-refractivity contribution in [2.24, 2.45) is 0 Å². The summed E-state index contributed by atoms with van der Waals surface area (Å²) in [5, 5.41) is 0. The van der Waals surface area contributed by atoms with Crippen LogP contribution in [0.1, 0.15) is 19.4 Å². The van der Waals surface area contributed by atoms with Crippen LogP contribution in [0.3, 0.4) is 0 Å².